The topological polar surface area (TPSA) is 43.4 Å². The van der Waals surface area contributed by atoms with E-state index < -0.39 is 11.8 Å². The van der Waals surface area contributed by atoms with Crippen LogP contribution in [0.15, 0.2) is 82.6 Å². The molecule has 1 aliphatic rings. The van der Waals surface area contributed by atoms with Crippen LogP contribution in [0.1, 0.15) is 26.3 Å². The summed E-state index contributed by atoms with van der Waals surface area (Å²) in [7, 11) is 0. The minimum Gasteiger partial charge on any atom is -0.422 e. The molecule has 0 aliphatic carbocycles. The Morgan fingerprint density at radius 2 is 1.63 bits per heavy atom. The molecule has 0 N–H and O–H groups in total. The molecular weight excluding hydrogens is 363 g/mol. The molecule has 0 aromatic heterocycles. The molecule has 3 aromatic carbocycles. The van der Waals surface area contributed by atoms with Crippen molar-refractivity contribution < 1.29 is 18.7 Å². The average molecular weight is 376 g/mol. The standard InChI is InChI=1S/C22H13FO3S/c23-17-10-4-2-8-15(17)22(25)26-18-11-5-1-7-14(18)13-20-21(24)16-9-3-6-12-19(16)27-20/h1-13H/b20-13+. The van der Waals surface area contributed by atoms with Crippen LogP contribution in [0, 0.1) is 5.82 Å². The minimum absolute atomic E-state index is 0.0640. The number of hydrogen-bond acceptors (Lipinski definition) is 4. The molecule has 0 atom stereocenters. The largest absolute Gasteiger partial charge is 0.422 e. The molecule has 0 fully saturated rings. The van der Waals surface area contributed by atoms with Crippen LogP contribution >= 0.6 is 11.8 Å². The van der Waals surface area contributed by atoms with Gasteiger partial charge < -0.3 is 4.74 Å². The van der Waals surface area contributed by atoms with E-state index in [1.807, 2.05) is 18.2 Å². The number of carbonyl (C=O) groups excluding carboxylic acids is 2. The second-order valence-electron chi connectivity index (χ2n) is 5.84. The number of halogens is 1. The molecule has 3 nitrogen and oxygen atoms in total. The zero-order chi connectivity index (χ0) is 18.8. The Morgan fingerprint density at radius 3 is 2.44 bits per heavy atom. The zero-order valence-corrected chi connectivity index (χ0v) is 14.8. The Kier molecular flexibility index (Phi) is 4.60. The van der Waals surface area contributed by atoms with E-state index >= 15 is 0 Å². The van der Waals surface area contributed by atoms with Crippen molar-refractivity contribution in [2.75, 3.05) is 0 Å². The van der Waals surface area contributed by atoms with Gasteiger partial charge in [-0.25, -0.2) is 9.18 Å². The highest BCUT2D eigenvalue weighted by molar-refractivity contribution is 8.04. The molecule has 0 saturated heterocycles. The van der Waals surface area contributed by atoms with Gasteiger partial charge in [0.15, 0.2) is 0 Å². The van der Waals surface area contributed by atoms with E-state index in [2.05, 4.69) is 0 Å². The molecule has 5 heteroatoms. The first-order chi connectivity index (χ1) is 13.1. The Bertz CT molecular complexity index is 1090. The summed E-state index contributed by atoms with van der Waals surface area (Å²) in [5, 5.41) is 0. The SMILES string of the molecule is O=C(Oc1ccccc1/C=C1/Sc2ccccc2C1=O)c1ccccc1F. The zero-order valence-electron chi connectivity index (χ0n) is 14.0. The van der Waals surface area contributed by atoms with E-state index in [9.17, 15) is 14.0 Å². The van der Waals surface area contributed by atoms with Gasteiger partial charge in [0, 0.05) is 16.0 Å². The van der Waals surface area contributed by atoms with Crippen molar-refractivity contribution in [3.8, 4) is 5.75 Å². The maximum atomic E-state index is 13.8. The number of allylic oxidation sites excluding steroid dienone is 1. The summed E-state index contributed by atoms with van der Waals surface area (Å²) in [6, 6.07) is 19.9. The molecular formula is C22H13FO3S. The highest BCUT2D eigenvalue weighted by Crippen LogP contribution is 2.41. The highest BCUT2D eigenvalue weighted by Gasteiger charge is 2.25. The van der Waals surface area contributed by atoms with E-state index in [0.717, 1.165) is 4.90 Å². The van der Waals surface area contributed by atoms with Crippen LogP contribution < -0.4 is 4.74 Å². The van der Waals surface area contributed by atoms with Crippen LogP contribution in [0.2, 0.25) is 0 Å². The molecule has 3 aromatic rings. The van der Waals surface area contributed by atoms with Gasteiger partial charge in [-0.1, -0.05) is 54.2 Å². The number of ketones is 1. The Balaban J connectivity index is 1.64. The lowest BCUT2D eigenvalue weighted by Crippen LogP contribution is -2.11. The second kappa shape index (κ2) is 7.21. The summed E-state index contributed by atoms with van der Waals surface area (Å²) in [5.41, 5.74) is 1.10. The number of para-hydroxylation sites is 1. The van der Waals surface area contributed by atoms with Crippen LogP contribution in [0.4, 0.5) is 4.39 Å². The summed E-state index contributed by atoms with van der Waals surface area (Å²) in [4.78, 5) is 26.3. The van der Waals surface area contributed by atoms with Crippen molar-refractivity contribution in [1.29, 1.82) is 0 Å². The smallest absolute Gasteiger partial charge is 0.346 e. The van der Waals surface area contributed by atoms with Crippen LogP contribution in [0.5, 0.6) is 5.75 Å². The third kappa shape index (κ3) is 3.41. The maximum absolute atomic E-state index is 13.8. The van der Waals surface area contributed by atoms with Gasteiger partial charge in [-0.2, -0.15) is 0 Å². The Labute approximate surface area is 159 Å². The maximum Gasteiger partial charge on any atom is 0.346 e. The van der Waals surface area contributed by atoms with Crippen LogP contribution in [-0.2, 0) is 0 Å². The average Bonchev–Trinajstić information content (AvgIpc) is 2.99. The number of hydrogen-bond donors (Lipinski definition) is 0. The summed E-state index contributed by atoms with van der Waals surface area (Å²) >= 11 is 1.38. The molecule has 0 spiro atoms. The third-order valence-corrected chi connectivity index (χ3v) is 5.18. The van der Waals surface area contributed by atoms with Crippen LogP contribution in [0.25, 0.3) is 6.08 Å². The predicted octanol–water partition coefficient (Wildman–Crippen LogP) is 5.37. The first kappa shape index (κ1) is 17.2. The number of benzene rings is 3. The Morgan fingerprint density at radius 1 is 0.926 bits per heavy atom. The fourth-order valence-corrected chi connectivity index (χ4v) is 3.79. The summed E-state index contributed by atoms with van der Waals surface area (Å²) in [5.74, 6) is -1.23. The van der Waals surface area contributed by atoms with Crippen molar-refractivity contribution in [2.24, 2.45) is 0 Å². The summed E-state index contributed by atoms with van der Waals surface area (Å²) in [6.07, 6.45) is 1.69. The predicted molar refractivity (Wildman–Crippen MR) is 102 cm³/mol. The van der Waals surface area contributed by atoms with Crippen LogP contribution in [0.3, 0.4) is 0 Å². The first-order valence-corrected chi connectivity index (χ1v) is 9.04. The van der Waals surface area contributed by atoms with Gasteiger partial charge in [-0.15, -0.1) is 0 Å². The van der Waals surface area contributed by atoms with E-state index in [0.29, 0.717) is 16.0 Å². The highest BCUT2D eigenvalue weighted by atomic mass is 32.2. The first-order valence-electron chi connectivity index (χ1n) is 8.22. The molecule has 132 valence electrons. The van der Waals surface area contributed by atoms with Gasteiger partial charge in [0.2, 0.25) is 5.78 Å². The van der Waals surface area contributed by atoms with Gasteiger partial charge >= 0.3 is 5.97 Å². The monoisotopic (exact) mass is 376 g/mol. The van der Waals surface area contributed by atoms with Crippen molar-refractivity contribution in [3.63, 3.8) is 0 Å². The van der Waals surface area contributed by atoms with E-state index in [1.54, 1.807) is 42.5 Å². The molecule has 1 aliphatic heterocycles. The molecule has 0 saturated carbocycles. The number of carbonyl (C=O) groups is 2. The number of thioether (sulfide) groups is 1. The van der Waals surface area contributed by atoms with E-state index in [4.69, 9.17) is 4.74 Å². The number of fused-ring (bicyclic) bond motifs is 1. The lowest BCUT2D eigenvalue weighted by Gasteiger charge is -2.08. The van der Waals surface area contributed by atoms with E-state index in [1.165, 1.54) is 30.0 Å². The number of esters is 1. The Hall–Kier alpha value is -3.18. The van der Waals surface area contributed by atoms with Gasteiger partial charge in [-0.3, -0.25) is 4.79 Å². The van der Waals surface area contributed by atoms with Crippen molar-refractivity contribution in [1.82, 2.24) is 0 Å². The molecule has 0 bridgehead atoms. The summed E-state index contributed by atoms with van der Waals surface area (Å²) in [6.45, 7) is 0. The molecule has 4 rings (SSSR count). The number of ether oxygens (including phenoxy) is 1. The molecule has 27 heavy (non-hydrogen) atoms. The molecule has 1 heterocycles. The number of rotatable bonds is 3. The lowest BCUT2D eigenvalue weighted by atomic mass is 10.1. The van der Waals surface area contributed by atoms with Crippen LogP contribution in [-0.4, -0.2) is 11.8 Å². The van der Waals surface area contributed by atoms with Gasteiger partial charge in [0.1, 0.15) is 11.6 Å². The lowest BCUT2D eigenvalue weighted by molar-refractivity contribution is 0.0729. The third-order valence-electron chi connectivity index (χ3n) is 4.08. The second-order valence-corrected chi connectivity index (χ2v) is 6.93. The number of Topliss-reactive ketones (excluding diaryl/α,β-unsaturated/α-hetero) is 1. The summed E-state index contributed by atoms with van der Waals surface area (Å²) < 4.78 is 19.2. The van der Waals surface area contributed by atoms with Gasteiger partial charge in [-0.05, 0) is 36.4 Å². The normalized spacial score (nSPS) is 14.3. The van der Waals surface area contributed by atoms with Crippen molar-refractivity contribution in [3.05, 3.63) is 100 Å². The molecule has 0 radical (unpaired) electrons. The van der Waals surface area contributed by atoms with Crippen molar-refractivity contribution >= 4 is 29.6 Å². The fourth-order valence-electron chi connectivity index (χ4n) is 2.75. The fraction of sp³-hybridized carbons (Fsp3) is 0. The van der Waals surface area contributed by atoms with Gasteiger partial charge in [0.05, 0.1) is 10.5 Å². The molecule has 0 unspecified atom stereocenters. The van der Waals surface area contributed by atoms with Crippen molar-refractivity contribution in [2.45, 2.75) is 4.90 Å². The van der Waals surface area contributed by atoms with E-state index in [-0.39, 0.29) is 17.1 Å². The molecule has 0 amide bonds. The minimum atomic E-state index is -0.785. The quantitative estimate of drug-likeness (QED) is 0.350. The van der Waals surface area contributed by atoms with Gasteiger partial charge in [0.25, 0.3) is 0 Å².